The van der Waals surface area contributed by atoms with Crippen LogP contribution in [0.15, 0.2) is 46.8 Å². The number of aliphatic imine (C=N–C) groups is 1. The number of guanidine groups is 1. The van der Waals surface area contributed by atoms with Gasteiger partial charge >= 0.3 is 0 Å². The molecule has 0 bridgehead atoms. The van der Waals surface area contributed by atoms with Crippen molar-refractivity contribution >= 4 is 47.0 Å². The van der Waals surface area contributed by atoms with Gasteiger partial charge in [-0.25, -0.2) is 4.99 Å². The van der Waals surface area contributed by atoms with Crippen LogP contribution >= 0.6 is 35.3 Å². The summed E-state index contributed by atoms with van der Waals surface area (Å²) in [6.07, 6.45) is 1.15. The minimum atomic E-state index is 0. The topological polar surface area (TPSA) is 50.4 Å². The standard InChI is InChI=1S/C16H21N3S.HI/c1-3-12(2)13-6-8-14(9-7-13)19-16(17)18-11-15-5-4-10-20-15;/h4-10,12H,3,11H2,1-2H3,(H3,17,18,19);1H. The smallest absolute Gasteiger partial charge is 0.193 e. The molecule has 1 atom stereocenters. The summed E-state index contributed by atoms with van der Waals surface area (Å²) >= 11 is 1.69. The maximum absolute atomic E-state index is 5.89. The van der Waals surface area contributed by atoms with Crippen molar-refractivity contribution in [3.8, 4) is 0 Å². The Morgan fingerprint density at radius 3 is 2.57 bits per heavy atom. The lowest BCUT2D eigenvalue weighted by atomic mass is 9.99. The normalized spacial score (nSPS) is 12.6. The van der Waals surface area contributed by atoms with E-state index in [0.717, 1.165) is 12.1 Å². The Bertz CT molecular complexity index is 549. The van der Waals surface area contributed by atoms with Gasteiger partial charge in [-0.2, -0.15) is 0 Å². The largest absolute Gasteiger partial charge is 0.370 e. The summed E-state index contributed by atoms with van der Waals surface area (Å²) in [6, 6.07) is 12.5. The van der Waals surface area contributed by atoms with Crippen LogP contribution in [0.2, 0.25) is 0 Å². The van der Waals surface area contributed by atoms with Gasteiger partial charge in [0.05, 0.1) is 6.54 Å². The summed E-state index contributed by atoms with van der Waals surface area (Å²) in [5, 5.41) is 5.16. The first-order valence-corrected chi connectivity index (χ1v) is 7.76. The van der Waals surface area contributed by atoms with Gasteiger partial charge in [0.25, 0.3) is 0 Å². The van der Waals surface area contributed by atoms with Gasteiger partial charge in [0, 0.05) is 10.6 Å². The van der Waals surface area contributed by atoms with Gasteiger partial charge in [-0.3, -0.25) is 0 Å². The fourth-order valence-electron chi connectivity index (χ4n) is 1.88. The highest BCUT2D eigenvalue weighted by atomic mass is 127. The summed E-state index contributed by atoms with van der Waals surface area (Å²) in [4.78, 5) is 5.54. The molecule has 2 rings (SSSR count). The maximum Gasteiger partial charge on any atom is 0.193 e. The molecule has 3 N–H and O–H groups in total. The average Bonchev–Trinajstić information content (AvgIpc) is 2.98. The number of hydrogen-bond acceptors (Lipinski definition) is 2. The number of rotatable bonds is 5. The molecule has 1 heterocycles. The summed E-state index contributed by atoms with van der Waals surface area (Å²) in [5.74, 6) is 1.04. The minimum Gasteiger partial charge on any atom is -0.370 e. The van der Waals surface area contributed by atoms with Gasteiger partial charge in [0.1, 0.15) is 0 Å². The van der Waals surface area contributed by atoms with E-state index in [2.05, 4.69) is 54.5 Å². The number of benzene rings is 1. The second kappa shape index (κ2) is 9.04. The lowest BCUT2D eigenvalue weighted by Crippen LogP contribution is -2.22. The van der Waals surface area contributed by atoms with Gasteiger partial charge in [-0.15, -0.1) is 35.3 Å². The Kier molecular flexibility index (Phi) is 7.74. The van der Waals surface area contributed by atoms with E-state index in [4.69, 9.17) is 5.73 Å². The molecule has 0 saturated carbocycles. The van der Waals surface area contributed by atoms with Crippen LogP contribution in [0.4, 0.5) is 5.69 Å². The fourth-order valence-corrected chi connectivity index (χ4v) is 2.51. The number of anilines is 1. The van der Waals surface area contributed by atoms with Crippen molar-refractivity contribution in [2.24, 2.45) is 10.7 Å². The summed E-state index contributed by atoms with van der Waals surface area (Å²) in [6.45, 7) is 5.06. The zero-order valence-corrected chi connectivity index (χ0v) is 15.5. The lowest BCUT2D eigenvalue weighted by Gasteiger charge is -2.10. The van der Waals surface area contributed by atoms with Crippen molar-refractivity contribution < 1.29 is 0 Å². The van der Waals surface area contributed by atoms with Gasteiger partial charge in [-0.05, 0) is 41.5 Å². The third-order valence-electron chi connectivity index (χ3n) is 3.35. The average molecular weight is 415 g/mol. The monoisotopic (exact) mass is 415 g/mol. The number of nitrogens with one attached hydrogen (secondary N) is 1. The number of nitrogens with two attached hydrogens (primary N) is 1. The van der Waals surface area contributed by atoms with Gasteiger partial charge in [0.15, 0.2) is 5.96 Å². The molecule has 0 aliphatic heterocycles. The van der Waals surface area contributed by atoms with Crippen LogP contribution in [0.5, 0.6) is 0 Å². The van der Waals surface area contributed by atoms with Crippen LogP contribution in [-0.4, -0.2) is 5.96 Å². The van der Waals surface area contributed by atoms with Gasteiger partial charge < -0.3 is 11.1 Å². The van der Waals surface area contributed by atoms with Gasteiger partial charge in [0.2, 0.25) is 0 Å². The lowest BCUT2D eigenvalue weighted by molar-refractivity contribution is 0.734. The van der Waals surface area contributed by atoms with Crippen LogP contribution in [-0.2, 0) is 6.54 Å². The molecule has 0 amide bonds. The van der Waals surface area contributed by atoms with Crippen LogP contribution in [0, 0.1) is 0 Å². The van der Waals surface area contributed by atoms with Crippen molar-refractivity contribution in [2.45, 2.75) is 32.7 Å². The molecule has 3 nitrogen and oxygen atoms in total. The van der Waals surface area contributed by atoms with Crippen LogP contribution in [0.1, 0.15) is 36.6 Å². The second-order valence-electron chi connectivity index (χ2n) is 4.84. The molecule has 1 aromatic heterocycles. The number of halogens is 1. The molecule has 1 unspecified atom stereocenters. The molecular formula is C16H22IN3S. The molecule has 114 valence electrons. The molecule has 1 aromatic carbocycles. The molecule has 0 fully saturated rings. The quantitative estimate of drug-likeness (QED) is 0.419. The Morgan fingerprint density at radius 1 is 1.29 bits per heavy atom. The first-order valence-electron chi connectivity index (χ1n) is 6.88. The minimum absolute atomic E-state index is 0. The van der Waals surface area contributed by atoms with E-state index in [1.807, 2.05) is 11.4 Å². The summed E-state index contributed by atoms with van der Waals surface area (Å²) in [7, 11) is 0. The molecule has 2 aromatic rings. The third-order valence-corrected chi connectivity index (χ3v) is 4.21. The predicted molar refractivity (Wildman–Crippen MR) is 104 cm³/mol. The molecule has 0 aliphatic carbocycles. The van der Waals surface area contributed by atoms with E-state index in [9.17, 15) is 0 Å². The first-order chi connectivity index (χ1) is 9.69. The van der Waals surface area contributed by atoms with Crippen LogP contribution in [0.3, 0.4) is 0 Å². The fraction of sp³-hybridized carbons (Fsp3) is 0.312. The highest BCUT2D eigenvalue weighted by molar-refractivity contribution is 14.0. The third kappa shape index (κ3) is 5.67. The molecule has 21 heavy (non-hydrogen) atoms. The molecule has 5 heteroatoms. The van der Waals surface area contributed by atoms with E-state index < -0.39 is 0 Å². The zero-order chi connectivity index (χ0) is 14.4. The van der Waals surface area contributed by atoms with E-state index in [1.165, 1.54) is 10.4 Å². The number of nitrogens with zero attached hydrogens (tertiary/aromatic N) is 1. The predicted octanol–water partition coefficient (Wildman–Crippen LogP) is 4.81. The Labute approximate surface area is 147 Å². The van der Waals surface area contributed by atoms with Crippen molar-refractivity contribution in [2.75, 3.05) is 5.32 Å². The molecule has 0 spiro atoms. The number of hydrogen-bond donors (Lipinski definition) is 2. The molecule has 0 saturated heterocycles. The van der Waals surface area contributed by atoms with E-state index >= 15 is 0 Å². The van der Waals surface area contributed by atoms with Crippen molar-refractivity contribution in [3.63, 3.8) is 0 Å². The first kappa shape index (κ1) is 18.0. The van der Waals surface area contributed by atoms with Crippen molar-refractivity contribution in [3.05, 3.63) is 52.2 Å². The summed E-state index contributed by atoms with van der Waals surface area (Å²) in [5.41, 5.74) is 8.22. The van der Waals surface area contributed by atoms with Gasteiger partial charge in [-0.1, -0.05) is 32.0 Å². The van der Waals surface area contributed by atoms with Crippen molar-refractivity contribution in [1.29, 1.82) is 0 Å². The molecule has 0 radical (unpaired) electrons. The summed E-state index contributed by atoms with van der Waals surface area (Å²) < 4.78 is 0. The Balaban J connectivity index is 0.00000220. The second-order valence-corrected chi connectivity index (χ2v) is 5.87. The maximum atomic E-state index is 5.89. The van der Waals surface area contributed by atoms with E-state index in [0.29, 0.717) is 18.4 Å². The van der Waals surface area contributed by atoms with E-state index in [-0.39, 0.29) is 24.0 Å². The van der Waals surface area contributed by atoms with E-state index in [1.54, 1.807) is 11.3 Å². The highest BCUT2D eigenvalue weighted by Crippen LogP contribution is 2.20. The van der Waals surface area contributed by atoms with Crippen molar-refractivity contribution in [1.82, 2.24) is 0 Å². The Morgan fingerprint density at radius 2 is 2.00 bits per heavy atom. The SMILES string of the molecule is CCC(C)c1ccc(NC(N)=NCc2cccs2)cc1.I. The zero-order valence-electron chi connectivity index (χ0n) is 12.4. The number of thiophene rings is 1. The molecular weight excluding hydrogens is 393 g/mol. The molecule has 0 aliphatic rings. The van der Waals surface area contributed by atoms with Crippen LogP contribution in [0.25, 0.3) is 0 Å². The van der Waals surface area contributed by atoms with Crippen LogP contribution < -0.4 is 11.1 Å². The Hall–Kier alpha value is -1.08. The highest BCUT2D eigenvalue weighted by Gasteiger charge is 2.02.